The third-order valence-electron chi connectivity index (χ3n) is 2.84. The molecule has 4 heteroatoms. The first-order valence-electron chi connectivity index (χ1n) is 6.67. The highest BCUT2D eigenvalue weighted by atomic mass is 15.2. The molecule has 0 aliphatic rings. The van der Waals surface area contributed by atoms with Gasteiger partial charge in [0.05, 0.1) is 0 Å². The van der Waals surface area contributed by atoms with Crippen LogP contribution in [0.4, 0.5) is 5.82 Å². The van der Waals surface area contributed by atoms with E-state index in [0.717, 1.165) is 38.4 Å². The molecule has 0 saturated carbocycles. The lowest BCUT2D eigenvalue weighted by Gasteiger charge is -2.26. The van der Waals surface area contributed by atoms with Gasteiger partial charge in [0.15, 0.2) is 0 Å². The first-order chi connectivity index (χ1) is 8.69. The molecule has 0 aliphatic heterocycles. The normalized spacial score (nSPS) is 10.9. The van der Waals surface area contributed by atoms with Crippen molar-refractivity contribution in [3.63, 3.8) is 0 Å². The van der Waals surface area contributed by atoms with E-state index in [2.05, 4.69) is 47.2 Å². The van der Waals surface area contributed by atoms with Gasteiger partial charge in [-0.3, -0.25) is 0 Å². The predicted molar refractivity (Wildman–Crippen MR) is 78.1 cm³/mol. The van der Waals surface area contributed by atoms with Crippen molar-refractivity contribution >= 4 is 5.82 Å². The molecule has 0 atom stereocenters. The van der Waals surface area contributed by atoms with E-state index in [1.807, 2.05) is 19.3 Å². The Morgan fingerprint density at radius 2 is 2.00 bits per heavy atom. The molecule has 0 bridgehead atoms. The smallest absolute Gasteiger partial charge is 0.133 e. The molecule has 18 heavy (non-hydrogen) atoms. The lowest BCUT2D eigenvalue weighted by molar-refractivity contribution is 0.412. The maximum Gasteiger partial charge on any atom is 0.133 e. The van der Waals surface area contributed by atoms with Crippen molar-refractivity contribution in [1.82, 2.24) is 15.2 Å². The Morgan fingerprint density at radius 3 is 2.61 bits per heavy atom. The Morgan fingerprint density at radius 1 is 1.22 bits per heavy atom. The van der Waals surface area contributed by atoms with Crippen molar-refractivity contribution in [3.8, 4) is 0 Å². The third kappa shape index (κ3) is 4.63. The fraction of sp³-hybridized carbons (Fsp3) is 0.643. The second-order valence-corrected chi connectivity index (χ2v) is 4.81. The molecule has 1 N–H and O–H groups in total. The number of aromatic nitrogens is 1. The topological polar surface area (TPSA) is 31.4 Å². The lowest BCUT2D eigenvalue weighted by atomic mass is 10.2. The highest BCUT2D eigenvalue weighted by Crippen LogP contribution is 2.17. The highest BCUT2D eigenvalue weighted by molar-refractivity contribution is 5.46. The summed E-state index contributed by atoms with van der Waals surface area (Å²) in [6, 6.07) is 4.16. The van der Waals surface area contributed by atoms with Gasteiger partial charge in [0, 0.05) is 37.9 Å². The first kappa shape index (κ1) is 14.9. The fourth-order valence-corrected chi connectivity index (χ4v) is 1.96. The molecule has 102 valence electrons. The highest BCUT2D eigenvalue weighted by Gasteiger charge is 2.11. The summed E-state index contributed by atoms with van der Waals surface area (Å²) in [6.45, 7) is 6.21. The number of pyridine rings is 1. The zero-order valence-electron chi connectivity index (χ0n) is 12.1. The number of hydrogen-bond donors (Lipinski definition) is 1. The minimum atomic E-state index is 0.866. The van der Waals surface area contributed by atoms with Crippen LogP contribution in [0.5, 0.6) is 0 Å². The molecule has 0 aliphatic carbocycles. The van der Waals surface area contributed by atoms with Crippen LogP contribution in [-0.4, -0.2) is 50.7 Å². The van der Waals surface area contributed by atoms with Crippen molar-refractivity contribution in [2.24, 2.45) is 0 Å². The van der Waals surface area contributed by atoms with Gasteiger partial charge in [-0.15, -0.1) is 0 Å². The molecular formula is C14H26N4. The minimum Gasteiger partial charge on any atom is -0.355 e. The van der Waals surface area contributed by atoms with Gasteiger partial charge < -0.3 is 15.1 Å². The van der Waals surface area contributed by atoms with Crippen LogP contribution in [0, 0.1) is 0 Å². The van der Waals surface area contributed by atoms with Gasteiger partial charge in [-0.2, -0.15) is 0 Å². The standard InChI is InChI=1S/C14H26N4/c1-5-9-18(11-10-17(3)4)14-13(12-15-2)7-6-8-16-14/h6-8,15H,5,9-12H2,1-4H3. The van der Waals surface area contributed by atoms with E-state index in [-0.39, 0.29) is 0 Å². The minimum absolute atomic E-state index is 0.866. The van der Waals surface area contributed by atoms with Gasteiger partial charge in [0.2, 0.25) is 0 Å². The fourth-order valence-electron chi connectivity index (χ4n) is 1.96. The summed E-state index contributed by atoms with van der Waals surface area (Å²) in [7, 11) is 6.19. The van der Waals surface area contributed by atoms with Gasteiger partial charge in [0.1, 0.15) is 5.82 Å². The van der Waals surface area contributed by atoms with E-state index >= 15 is 0 Å². The third-order valence-corrected chi connectivity index (χ3v) is 2.84. The number of nitrogens with one attached hydrogen (secondary N) is 1. The van der Waals surface area contributed by atoms with Crippen LogP contribution in [0.15, 0.2) is 18.3 Å². The number of hydrogen-bond acceptors (Lipinski definition) is 4. The number of likely N-dealkylation sites (N-methyl/N-ethyl adjacent to an activating group) is 1. The Bertz CT molecular complexity index is 338. The molecule has 0 spiro atoms. The van der Waals surface area contributed by atoms with Crippen LogP contribution in [0.1, 0.15) is 18.9 Å². The molecule has 0 amide bonds. The van der Waals surface area contributed by atoms with E-state index in [0.29, 0.717) is 0 Å². The summed E-state index contributed by atoms with van der Waals surface area (Å²) < 4.78 is 0. The van der Waals surface area contributed by atoms with E-state index in [1.165, 1.54) is 5.56 Å². The van der Waals surface area contributed by atoms with Crippen LogP contribution in [-0.2, 0) is 6.54 Å². The summed E-state index contributed by atoms with van der Waals surface area (Å²) >= 11 is 0. The Hall–Kier alpha value is -1.13. The molecular weight excluding hydrogens is 224 g/mol. The van der Waals surface area contributed by atoms with Gasteiger partial charge >= 0.3 is 0 Å². The van der Waals surface area contributed by atoms with Crippen LogP contribution >= 0.6 is 0 Å². The van der Waals surface area contributed by atoms with Crippen molar-refractivity contribution in [2.45, 2.75) is 19.9 Å². The second-order valence-electron chi connectivity index (χ2n) is 4.81. The first-order valence-corrected chi connectivity index (χ1v) is 6.67. The summed E-state index contributed by atoms with van der Waals surface area (Å²) in [4.78, 5) is 9.15. The second kappa shape index (κ2) is 8.06. The Kier molecular flexibility index (Phi) is 6.68. The molecule has 0 unspecified atom stereocenters. The molecule has 1 rings (SSSR count). The number of nitrogens with zero attached hydrogens (tertiary/aromatic N) is 3. The van der Waals surface area contributed by atoms with Gasteiger partial charge in [-0.05, 0) is 33.6 Å². The van der Waals surface area contributed by atoms with E-state index in [9.17, 15) is 0 Å². The number of rotatable bonds is 8. The summed E-state index contributed by atoms with van der Waals surface area (Å²) in [5, 5.41) is 3.21. The Labute approximate surface area is 111 Å². The van der Waals surface area contributed by atoms with E-state index in [1.54, 1.807) is 0 Å². The average Bonchev–Trinajstić information content (AvgIpc) is 2.35. The van der Waals surface area contributed by atoms with Crippen molar-refractivity contribution in [3.05, 3.63) is 23.9 Å². The quantitative estimate of drug-likeness (QED) is 0.759. The molecule has 1 aromatic rings. The average molecular weight is 250 g/mol. The SMILES string of the molecule is CCCN(CCN(C)C)c1ncccc1CNC. The predicted octanol–water partition coefficient (Wildman–Crippen LogP) is 1.58. The van der Waals surface area contributed by atoms with Gasteiger partial charge in [0.25, 0.3) is 0 Å². The van der Waals surface area contributed by atoms with Crippen molar-refractivity contribution in [1.29, 1.82) is 0 Å². The summed E-state index contributed by atoms with van der Waals surface area (Å²) in [5.41, 5.74) is 1.27. The van der Waals surface area contributed by atoms with Gasteiger partial charge in [-0.25, -0.2) is 4.98 Å². The molecule has 0 fully saturated rings. The van der Waals surface area contributed by atoms with Crippen molar-refractivity contribution < 1.29 is 0 Å². The van der Waals surface area contributed by atoms with Crippen molar-refractivity contribution in [2.75, 3.05) is 45.7 Å². The van der Waals surface area contributed by atoms with Crippen LogP contribution in [0.2, 0.25) is 0 Å². The summed E-state index contributed by atoms with van der Waals surface area (Å²) in [6.07, 6.45) is 3.02. The largest absolute Gasteiger partial charge is 0.355 e. The van der Waals surface area contributed by atoms with Crippen LogP contribution in [0.3, 0.4) is 0 Å². The molecule has 0 saturated heterocycles. The van der Waals surface area contributed by atoms with E-state index in [4.69, 9.17) is 0 Å². The molecule has 1 aromatic heterocycles. The number of anilines is 1. The Balaban J connectivity index is 2.82. The maximum atomic E-state index is 4.56. The lowest BCUT2D eigenvalue weighted by Crippen LogP contribution is -2.33. The maximum absolute atomic E-state index is 4.56. The van der Waals surface area contributed by atoms with E-state index < -0.39 is 0 Å². The molecule has 1 heterocycles. The summed E-state index contributed by atoms with van der Waals surface area (Å²) in [5.74, 6) is 1.12. The van der Waals surface area contributed by atoms with Crippen LogP contribution < -0.4 is 10.2 Å². The molecule has 4 nitrogen and oxygen atoms in total. The monoisotopic (exact) mass is 250 g/mol. The van der Waals surface area contributed by atoms with Crippen LogP contribution in [0.25, 0.3) is 0 Å². The molecule has 0 radical (unpaired) electrons. The van der Waals surface area contributed by atoms with Gasteiger partial charge in [-0.1, -0.05) is 13.0 Å². The zero-order valence-corrected chi connectivity index (χ0v) is 12.1. The molecule has 0 aromatic carbocycles. The zero-order chi connectivity index (χ0) is 13.4.